The fraction of sp³-hybridized carbons (Fsp3) is 0.692. The van der Waals surface area contributed by atoms with Crippen molar-refractivity contribution in [1.82, 2.24) is 0 Å². The van der Waals surface area contributed by atoms with Crippen LogP contribution in [0.15, 0.2) is 24.6 Å². The largest absolute Gasteiger partial charge is 0.272 e. The summed E-state index contributed by atoms with van der Waals surface area (Å²) >= 11 is 0. The van der Waals surface area contributed by atoms with Crippen LogP contribution in [0.2, 0.25) is 0 Å². The van der Waals surface area contributed by atoms with Crippen molar-refractivity contribution in [1.29, 1.82) is 0 Å². The molecule has 0 fully saturated rings. The van der Waals surface area contributed by atoms with E-state index in [1.165, 1.54) is 32.4 Å². The molecule has 0 aliphatic carbocycles. The molecule has 0 aromatic carbocycles. The fourth-order valence-corrected chi connectivity index (χ4v) is 1.92. The zero-order chi connectivity index (χ0) is 10.9. The van der Waals surface area contributed by atoms with Crippen LogP contribution >= 0.6 is 0 Å². The molecule has 0 heterocycles. The van der Waals surface area contributed by atoms with Crippen molar-refractivity contribution in [3.05, 3.63) is 24.6 Å². The Labute approximate surface area is 89.7 Å². The first-order chi connectivity index (χ1) is 6.74. The first kappa shape index (κ1) is 13.4. The van der Waals surface area contributed by atoms with Gasteiger partial charge in [-0.3, -0.25) is 4.48 Å². The van der Waals surface area contributed by atoms with Gasteiger partial charge in [0.2, 0.25) is 0 Å². The van der Waals surface area contributed by atoms with Crippen molar-refractivity contribution >= 4 is 0 Å². The van der Waals surface area contributed by atoms with E-state index < -0.39 is 0 Å². The van der Waals surface area contributed by atoms with Crippen molar-refractivity contribution in [2.75, 3.05) is 13.1 Å². The Bertz CT molecular complexity index is 168. The summed E-state index contributed by atoms with van der Waals surface area (Å²) in [5.74, 6) is 0. The minimum atomic E-state index is 1.03. The van der Waals surface area contributed by atoms with Gasteiger partial charge < -0.3 is 0 Å². The van der Waals surface area contributed by atoms with Gasteiger partial charge in [0, 0.05) is 0 Å². The van der Waals surface area contributed by atoms with E-state index in [1.807, 2.05) is 0 Å². The lowest BCUT2D eigenvalue weighted by atomic mass is 10.2. The zero-order valence-corrected chi connectivity index (χ0v) is 10.3. The van der Waals surface area contributed by atoms with Crippen LogP contribution in [-0.2, 0) is 0 Å². The highest BCUT2D eigenvalue weighted by molar-refractivity contribution is 4.77. The third kappa shape index (κ3) is 4.61. The lowest BCUT2D eigenvalue weighted by Crippen LogP contribution is -2.38. The smallest absolute Gasteiger partial charge is 0.0961 e. The monoisotopic (exact) mass is 196 g/mol. The summed E-state index contributed by atoms with van der Waals surface area (Å²) in [5, 5.41) is 0. The SMILES string of the molecule is CC=C[N+](C=CC)(CCC)CCCC. The summed E-state index contributed by atoms with van der Waals surface area (Å²) in [7, 11) is 0. The van der Waals surface area contributed by atoms with Crippen molar-refractivity contribution in [2.45, 2.75) is 47.0 Å². The minimum absolute atomic E-state index is 1.03. The second kappa shape index (κ2) is 7.81. The summed E-state index contributed by atoms with van der Waals surface area (Å²) in [5.41, 5.74) is 0. The molecule has 0 aromatic heterocycles. The molecular formula is C13H26N+. The summed E-state index contributed by atoms with van der Waals surface area (Å²) in [6.07, 6.45) is 12.8. The summed E-state index contributed by atoms with van der Waals surface area (Å²) in [4.78, 5) is 0. The van der Waals surface area contributed by atoms with Crippen LogP contribution in [0.25, 0.3) is 0 Å². The van der Waals surface area contributed by atoms with E-state index in [-0.39, 0.29) is 0 Å². The van der Waals surface area contributed by atoms with Crippen LogP contribution in [0.1, 0.15) is 47.0 Å². The number of allylic oxidation sites excluding steroid dienone is 2. The van der Waals surface area contributed by atoms with Crippen LogP contribution in [0.4, 0.5) is 0 Å². The number of rotatable bonds is 7. The maximum absolute atomic E-state index is 2.32. The maximum atomic E-state index is 2.32. The van der Waals surface area contributed by atoms with E-state index in [1.54, 1.807) is 0 Å². The van der Waals surface area contributed by atoms with Gasteiger partial charge in [-0.1, -0.05) is 20.3 Å². The van der Waals surface area contributed by atoms with Crippen LogP contribution in [-0.4, -0.2) is 17.6 Å². The van der Waals surface area contributed by atoms with Crippen LogP contribution in [0, 0.1) is 0 Å². The van der Waals surface area contributed by atoms with E-state index in [2.05, 4.69) is 52.2 Å². The predicted molar refractivity (Wildman–Crippen MR) is 64.8 cm³/mol. The highest BCUT2D eigenvalue weighted by Gasteiger charge is 2.18. The summed E-state index contributed by atoms with van der Waals surface area (Å²) in [6, 6.07) is 0. The van der Waals surface area contributed by atoms with Crippen LogP contribution in [0.5, 0.6) is 0 Å². The molecule has 0 saturated carbocycles. The Balaban J connectivity index is 4.54. The molecule has 0 saturated heterocycles. The van der Waals surface area contributed by atoms with Crippen molar-refractivity contribution in [3.8, 4) is 0 Å². The van der Waals surface area contributed by atoms with Crippen LogP contribution in [0.3, 0.4) is 0 Å². The standard InChI is InChI=1S/C13H26N/c1-5-9-13-14(10-6-2,11-7-3)12-8-4/h6-7,10-11H,5,8-9,12-13H2,1-4H3/q+1. The normalized spacial score (nSPS) is 16.6. The average molecular weight is 196 g/mol. The molecule has 0 atom stereocenters. The second-order valence-electron chi connectivity index (χ2n) is 3.87. The molecule has 0 spiro atoms. The third-order valence-electron chi connectivity index (χ3n) is 2.46. The van der Waals surface area contributed by atoms with Gasteiger partial charge in [0.25, 0.3) is 0 Å². The van der Waals surface area contributed by atoms with Gasteiger partial charge in [-0.15, -0.1) is 0 Å². The van der Waals surface area contributed by atoms with E-state index in [4.69, 9.17) is 0 Å². The number of unbranched alkanes of at least 4 members (excludes halogenated alkanes) is 1. The van der Waals surface area contributed by atoms with Gasteiger partial charge >= 0.3 is 0 Å². The highest BCUT2D eigenvalue weighted by Crippen LogP contribution is 2.14. The summed E-state index contributed by atoms with van der Waals surface area (Å²) in [6.45, 7) is 11.2. The molecule has 0 rings (SSSR count). The topological polar surface area (TPSA) is 0 Å². The molecule has 0 aliphatic heterocycles. The second-order valence-corrected chi connectivity index (χ2v) is 3.87. The molecule has 0 aromatic rings. The Morgan fingerprint density at radius 1 is 0.857 bits per heavy atom. The highest BCUT2D eigenvalue weighted by atomic mass is 15.3. The van der Waals surface area contributed by atoms with Gasteiger partial charge in [-0.2, -0.15) is 0 Å². The first-order valence-electron chi connectivity index (χ1n) is 5.88. The molecule has 0 radical (unpaired) electrons. The van der Waals surface area contributed by atoms with Crippen molar-refractivity contribution in [2.24, 2.45) is 0 Å². The maximum Gasteiger partial charge on any atom is 0.0961 e. The molecule has 82 valence electrons. The lowest BCUT2D eigenvalue weighted by molar-refractivity contribution is -0.828. The van der Waals surface area contributed by atoms with Gasteiger partial charge in [0.1, 0.15) is 0 Å². The van der Waals surface area contributed by atoms with Gasteiger partial charge in [0.05, 0.1) is 25.5 Å². The molecule has 0 unspecified atom stereocenters. The lowest BCUT2D eigenvalue weighted by Gasteiger charge is -2.30. The first-order valence-corrected chi connectivity index (χ1v) is 5.88. The molecule has 14 heavy (non-hydrogen) atoms. The minimum Gasteiger partial charge on any atom is -0.272 e. The Morgan fingerprint density at radius 3 is 1.79 bits per heavy atom. The van der Waals surface area contributed by atoms with Crippen molar-refractivity contribution in [3.63, 3.8) is 0 Å². The molecule has 1 heteroatoms. The number of hydrogen-bond donors (Lipinski definition) is 0. The van der Waals surface area contributed by atoms with Gasteiger partial charge in [-0.25, -0.2) is 0 Å². The van der Waals surface area contributed by atoms with Crippen molar-refractivity contribution < 1.29 is 4.48 Å². The quantitative estimate of drug-likeness (QED) is 0.538. The number of nitrogens with zero attached hydrogens (tertiary/aromatic N) is 1. The molecular weight excluding hydrogens is 170 g/mol. The Hall–Kier alpha value is -0.560. The Kier molecular flexibility index (Phi) is 7.50. The summed E-state index contributed by atoms with van der Waals surface area (Å²) < 4.78 is 1.03. The molecule has 1 nitrogen and oxygen atoms in total. The molecule has 0 bridgehead atoms. The average Bonchev–Trinajstić information content (AvgIpc) is 2.16. The fourth-order valence-electron chi connectivity index (χ4n) is 1.92. The van der Waals surface area contributed by atoms with Gasteiger partial charge in [-0.05, 0) is 38.8 Å². The number of hydrogen-bond acceptors (Lipinski definition) is 0. The van der Waals surface area contributed by atoms with Gasteiger partial charge in [0.15, 0.2) is 0 Å². The van der Waals surface area contributed by atoms with E-state index in [9.17, 15) is 0 Å². The third-order valence-corrected chi connectivity index (χ3v) is 2.46. The zero-order valence-electron chi connectivity index (χ0n) is 10.3. The van der Waals surface area contributed by atoms with E-state index in [0.717, 1.165) is 4.48 Å². The molecule has 0 amide bonds. The predicted octanol–water partition coefficient (Wildman–Crippen LogP) is 4.08. The van der Waals surface area contributed by atoms with E-state index >= 15 is 0 Å². The van der Waals surface area contributed by atoms with Crippen LogP contribution < -0.4 is 0 Å². The van der Waals surface area contributed by atoms with E-state index in [0.29, 0.717) is 0 Å². The number of quaternary nitrogens is 1. The molecule has 0 aliphatic rings. The Morgan fingerprint density at radius 2 is 1.43 bits per heavy atom. The molecule has 0 N–H and O–H groups in total.